The summed E-state index contributed by atoms with van der Waals surface area (Å²) in [7, 11) is 0. The molecule has 0 bridgehead atoms. The molecule has 0 spiro atoms. The Kier molecular flexibility index (Phi) is 7.32. The van der Waals surface area contributed by atoms with Crippen molar-refractivity contribution in [2.45, 2.75) is 81.1 Å². The molecule has 2 N–H and O–H groups in total. The van der Waals surface area contributed by atoms with Crippen LogP contribution in [0.2, 0.25) is 0 Å². The molecule has 23 heavy (non-hydrogen) atoms. The van der Waals surface area contributed by atoms with Gasteiger partial charge < -0.3 is 10.2 Å². The molecule has 0 aromatic rings. The summed E-state index contributed by atoms with van der Waals surface area (Å²) in [6.07, 6.45) is 3.01. The van der Waals surface area contributed by atoms with E-state index in [1.54, 1.807) is 0 Å². The van der Waals surface area contributed by atoms with Crippen molar-refractivity contribution < 1.29 is 19.8 Å². The molecule has 136 valence electrons. The van der Waals surface area contributed by atoms with Gasteiger partial charge in [0.1, 0.15) is 0 Å². The van der Waals surface area contributed by atoms with E-state index in [-0.39, 0.29) is 10.8 Å². The largest absolute Gasteiger partial charge is 0.481 e. The average Bonchev–Trinajstić information content (AvgIpc) is 2.36. The summed E-state index contributed by atoms with van der Waals surface area (Å²) in [4.78, 5) is 23.8. The number of carboxylic acid groups (broad SMARTS) is 2. The van der Waals surface area contributed by atoms with Crippen molar-refractivity contribution in [3.63, 3.8) is 0 Å². The fourth-order valence-electron chi connectivity index (χ4n) is 3.41. The first-order valence-corrected chi connectivity index (χ1v) is 8.69. The van der Waals surface area contributed by atoms with Gasteiger partial charge >= 0.3 is 11.9 Å². The Hall–Kier alpha value is -1.06. The minimum atomic E-state index is -1.01. The normalized spacial score (nSPS) is 16.0. The van der Waals surface area contributed by atoms with Crippen LogP contribution in [0, 0.1) is 28.1 Å². The van der Waals surface area contributed by atoms with Gasteiger partial charge in [0.25, 0.3) is 0 Å². The first-order chi connectivity index (χ1) is 10.2. The number of carbonyl (C=O) groups is 2. The van der Waals surface area contributed by atoms with E-state index in [0.29, 0.717) is 12.8 Å². The van der Waals surface area contributed by atoms with Gasteiger partial charge in [-0.2, -0.15) is 0 Å². The van der Waals surface area contributed by atoms with Crippen LogP contribution in [0.4, 0.5) is 0 Å². The standard InChI is InChI=1S/C19H36O4/c1-9-11-18(5,6)19(7,8)12-13(15(20)21)14(16(22)23)17(3,4)10-2/h13-14H,9-12H2,1-8H3,(H,20,21)(H,22,23). The highest BCUT2D eigenvalue weighted by atomic mass is 16.4. The molecule has 0 saturated carbocycles. The molecule has 2 atom stereocenters. The first-order valence-electron chi connectivity index (χ1n) is 8.69. The highest BCUT2D eigenvalue weighted by molar-refractivity contribution is 5.80. The third-order valence-electron chi connectivity index (χ3n) is 6.18. The van der Waals surface area contributed by atoms with E-state index in [1.165, 1.54) is 0 Å². The molecule has 4 nitrogen and oxygen atoms in total. The van der Waals surface area contributed by atoms with Crippen molar-refractivity contribution in [1.29, 1.82) is 0 Å². The van der Waals surface area contributed by atoms with Crippen LogP contribution in [0.1, 0.15) is 81.1 Å². The molecule has 0 rings (SSSR count). The SMILES string of the molecule is CCCC(C)(C)C(C)(C)CC(C(=O)O)C(C(=O)O)C(C)(C)CC. The number of aliphatic carboxylic acids is 2. The molecule has 0 aliphatic heterocycles. The van der Waals surface area contributed by atoms with E-state index in [4.69, 9.17) is 0 Å². The molecule has 0 aromatic heterocycles. The highest BCUT2D eigenvalue weighted by Crippen LogP contribution is 2.49. The molecule has 2 unspecified atom stereocenters. The smallest absolute Gasteiger partial charge is 0.307 e. The maximum atomic E-state index is 11.9. The molecule has 0 saturated heterocycles. The number of rotatable bonds is 10. The Bertz CT molecular complexity index is 421. The molecule has 0 fully saturated rings. The fraction of sp³-hybridized carbons (Fsp3) is 0.895. The van der Waals surface area contributed by atoms with E-state index < -0.39 is 29.2 Å². The topological polar surface area (TPSA) is 74.6 Å². The maximum absolute atomic E-state index is 11.9. The number of hydrogen-bond donors (Lipinski definition) is 2. The lowest BCUT2D eigenvalue weighted by Gasteiger charge is -2.45. The Balaban J connectivity index is 5.73. The zero-order valence-electron chi connectivity index (χ0n) is 16.2. The van der Waals surface area contributed by atoms with E-state index >= 15 is 0 Å². The summed E-state index contributed by atoms with van der Waals surface area (Å²) in [6, 6.07) is 0. The lowest BCUT2D eigenvalue weighted by atomic mass is 9.58. The van der Waals surface area contributed by atoms with Crippen LogP contribution in [-0.2, 0) is 9.59 Å². The van der Waals surface area contributed by atoms with E-state index in [2.05, 4.69) is 34.6 Å². The summed E-state index contributed by atoms with van der Waals surface area (Å²) < 4.78 is 0. The Morgan fingerprint density at radius 2 is 1.35 bits per heavy atom. The van der Waals surface area contributed by atoms with Crippen molar-refractivity contribution in [3.05, 3.63) is 0 Å². The number of hydrogen-bond acceptors (Lipinski definition) is 2. The van der Waals surface area contributed by atoms with Crippen LogP contribution in [-0.4, -0.2) is 22.2 Å². The van der Waals surface area contributed by atoms with Crippen molar-refractivity contribution in [3.8, 4) is 0 Å². The zero-order valence-corrected chi connectivity index (χ0v) is 16.2. The van der Waals surface area contributed by atoms with Gasteiger partial charge in [0.2, 0.25) is 0 Å². The van der Waals surface area contributed by atoms with Crippen molar-refractivity contribution in [2.24, 2.45) is 28.1 Å². The summed E-state index contributed by atoms with van der Waals surface area (Å²) in [6.45, 7) is 16.2. The summed E-state index contributed by atoms with van der Waals surface area (Å²) in [5.74, 6) is -3.78. The minimum Gasteiger partial charge on any atom is -0.481 e. The first kappa shape index (κ1) is 21.9. The summed E-state index contributed by atoms with van der Waals surface area (Å²) in [5.41, 5.74) is -0.863. The van der Waals surface area contributed by atoms with Gasteiger partial charge in [-0.25, -0.2) is 0 Å². The monoisotopic (exact) mass is 328 g/mol. The molecule has 0 aromatic carbocycles. The highest BCUT2D eigenvalue weighted by Gasteiger charge is 2.48. The molecule has 4 heteroatoms. The molecule has 0 amide bonds. The van der Waals surface area contributed by atoms with Gasteiger partial charge in [0, 0.05) is 0 Å². The lowest BCUT2D eigenvalue weighted by Crippen LogP contribution is -2.44. The van der Waals surface area contributed by atoms with Gasteiger partial charge in [-0.15, -0.1) is 0 Å². The maximum Gasteiger partial charge on any atom is 0.307 e. The van der Waals surface area contributed by atoms with E-state index in [0.717, 1.165) is 12.8 Å². The fourth-order valence-corrected chi connectivity index (χ4v) is 3.41. The van der Waals surface area contributed by atoms with Gasteiger partial charge in [-0.05, 0) is 29.1 Å². The molecular formula is C19H36O4. The second-order valence-electron chi connectivity index (χ2n) is 8.82. The van der Waals surface area contributed by atoms with Crippen LogP contribution in [0.15, 0.2) is 0 Å². The predicted octanol–water partition coefficient (Wildman–Crippen LogP) is 5.07. The van der Waals surface area contributed by atoms with Crippen LogP contribution >= 0.6 is 0 Å². The quantitative estimate of drug-likeness (QED) is 0.587. The molecule has 0 heterocycles. The van der Waals surface area contributed by atoms with Crippen molar-refractivity contribution in [2.75, 3.05) is 0 Å². The van der Waals surface area contributed by atoms with Crippen LogP contribution in [0.3, 0.4) is 0 Å². The van der Waals surface area contributed by atoms with Gasteiger partial charge in [-0.1, -0.05) is 68.2 Å². The predicted molar refractivity (Wildman–Crippen MR) is 93.4 cm³/mol. The Morgan fingerprint density at radius 1 is 0.870 bits per heavy atom. The van der Waals surface area contributed by atoms with Crippen LogP contribution < -0.4 is 0 Å². The molecule has 0 aliphatic rings. The van der Waals surface area contributed by atoms with E-state index in [1.807, 2.05) is 20.8 Å². The molecule has 0 radical (unpaired) electrons. The van der Waals surface area contributed by atoms with E-state index in [9.17, 15) is 19.8 Å². The summed E-state index contributed by atoms with van der Waals surface area (Å²) in [5, 5.41) is 19.4. The zero-order chi connectivity index (χ0) is 18.6. The third kappa shape index (κ3) is 5.22. The second kappa shape index (κ2) is 7.67. The lowest BCUT2D eigenvalue weighted by molar-refractivity contribution is -0.161. The Morgan fingerprint density at radius 3 is 1.65 bits per heavy atom. The summed E-state index contributed by atoms with van der Waals surface area (Å²) >= 11 is 0. The van der Waals surface area contributed by atoms with Crippen molar-refractivity contribution >= 4 is 11.9 Å². The van der Waals surface area contributed by atoms with Gasteiger partial charge in [-0.3, -0.25) is 9.59 Å². The van der Waals surface area contributed by atoms with Crippen LogP contribution in [0.5, 0.6) is 0 Å². The molecule has 0 aliphatic carbocycles. The minimum absolute atomic E-state index is 0.0468. The second-order valence-corrected chi connectivity index (χ2v) is 8.82. The average molecular weight is 328 g/mol. The number of carboxylic acids is 2. The third-order valence-corrected chi connectivity index (χ3v) is 6.18. The Labute approximate surface area is 141 Å². The van der Waals surface area contributed by atoms with Crippen molar-refractivity contribution in [1.82, 2.24) is 0 Å². The van der Waals surface area contributed by atoms with Gasteiger partial charge in [0.15, 0.2) is 0 Å². The molecular weight excluding hydrogens is 292 g/mol. The van der Waals surface area contributed by atoms with Gasteiger partial charge in [0.05, 0.1) is 11.8 Å². The van der Waals surface area contributed by atoms with Crippen LogP contribution in [0.25, 0.3) is 0 Å².